The van der Waals surface area contributed by atoms with Crippen LogP contribution in [-0.4, -0.2) is 5.16 Å². The highest BCUT2D eigenvalue weighted by molar-refractivity contribution is 9.10. The monoisotopic (exact) mass is 270 g/mol. The van der Waals surface area contributed by atoms with E-state index in [0.717, 1.165) is 0 Å². The third kappa shape index (κ3) is 1.74. The molecule has 0 atom stereocenters. The molecule has 1 aromatic carbocycles. The quantitative estimate of drug-likeness (QED) is 0.866. The second-order valence-corrected chi connectivity index (χ2v) is 3.97. The number of aromatic nitrogens is 1. The first-order valence-corrected chi connectivity index (χ1v) is 5.06. The summed E-state index contributed by atoms with van der Waals surface area (Å²) in [5, 5.41) is 3.72. The minimum atomic E-state index is -0.297. The number of hydrogen-bond acceptors (Lipinski definition) is 3. The summed E-state index contributed by atoms with van der Waals surface area (Å²) < 4.78 is 18.6. The highest BCUT2D eigenvalue weighted by Crippen LogP contribution is 2.31. The molecule has 0 amide bonds. The average molecular weight is 271 g/mol. The Balaban J connectivity index is 2.59. The number of anilines is 1. The van der Waals surface area contributed by atoms with Crippen molar-refractivity contribution < 1.29 is 8.91 Å². The van der Waals surface area contributed by atoms with E-state index in [2.05, 4.69) is 21.1 Å². The van der Waals surface area contributed by atoms with Gasteiger partial charge in [0.25, 0.3) is 0 Å². The van der Waals surface area contributed by atoms with Gasteiger partial charge in [0.15, 0.2) is 0 Å². The van der Waals surface area contributed by atoms with Gasteiger partial charge in [0, 0.05) is 11.6 Å². The van der Waals surface area contributed by atoms with Crippen LogP contribution in [0.5, 0.6) is 0 Å². The van der Waals surface area contributed by atoms with Crippen LogP contribution < -0.4 is 5.73 Å². The molecular formula is C10H8BrFN2O. The van der Waals surface area contributed by atoms with Crippen LogP contribution in [0.3, 0.4) is 0 Å². The Morgan fingerprint density at radius 3 is 2.80 bits per heavy atom. The lowest BCUT2D eigenvalue weighted by Gasteiger charge is -2.03. The molecule has 0 aliphatic rings. The molecule has 5 heteroatoms. The third-order valence-corrected chi connectivity index (χ3v) is 2.86. The Hall–Kier alpha value is -1.36. The number of benzene rings is 1. The summed E-state index contributed by atoms with van der Waals surface area (Å²) >= 11 is 3.18. The fraction of sp³-hybridized carbons (Fsp3) is 0.100. The summed E-state index contributed by atoms with van der Waals surface area (Å²) in [6, 6.07) is 4.99. The number of nitrogens with zero attached hydrogens (tertiary/aromatic N) is 1. The van der Waals surface area contributed by atoms with Crippen molar-refractivity contribution in [3.05, 3.63) is 34.1 Å². The molecule has 1 heterocycles. The summed E-state index contributed by atoms with van der Waals surface area (Å²) in [7, 11) is 0. The Labute approximate surface area is 94.2 Å². The summed E-state index contributed by atoms with van der Waals surface area (Å²) in [5.41, 5.74) is 7.10. The second-order valence-electron chi connectivity index (χ2n) is 3.17. The van der Waals surface area contributed by atoms with E-state index >= 15 is 0 Å². The van der Waals surface area contributed by atoms with Gasteiger partial charge >= 0.3 is 0 Å². The van der Waals surface area contributed by atoms with Crippen LogP contribution in [0.25, 0.3) is 11.3 Å². The fourth-order valence-electron chi connectivity index (χ4n) is 1.26. The zero-order valence-corrected chi connectivity index (χ0v) is 9.51. The standard InChI is InChI=1S/C10H8BrFN2O/c1-5-2-3-6(9(11)10(5)12)7-4-8(13)15-14-7/h2-4H,13H2,1H3. The maximum absolute atomic E-state index is 13.5. The summed E-state index contributed by atoms with van der Waals surface area (Å²) in [6.45, 7) is 1.70. The van der Waals surface area contributed by atoms with Gasteiger partial charge in [0.2, 0.25) is 5.88 Å². The number of halogens is 2. The lowest BCUT2D eigenvalue weighted by molar-refractivity contribution is 0.439. The van der Waals surface area contributed by atoms with Gasteiger partial charge in [-0.05, 0) is 28.4 Å². The van der Waals surface area contributed by atoms with Crippen molar-refractivity contribution in [2.45, 2.75) is 6.92 Å². The van der Waals surface area contributed by atoms with Gasteiger partial charge in [-0.2, -0.15) is 0 Å². The van der Waals surface area contributed by atoms with Crippen molar-refractivity contribution in [2.75, 3.05) is 5.73 Å². The third-order valence-electron chi connectivity index (χ3n) is 2.08. The molecule has 15 heavy (non-hydrogen) atoms. The first-order chi connectivity index (χ1) is 7.09. The fourth-order valence-corrected chi connectivity index (χ4v) is 1.91. The molecule has 0 unspecified atom stereocenters. The molecule has 0 radical (unpaired) electrons. The van der Waals surface area contributed by atoms with Crippen molar-refractivity contribution in [1.82, 2.24) is 5.16 Å². The van der Waals surface area contributed by atoms with E-state index in [1.807, 2.05) is 0 Å². The number of nitrogen functional groups attached to an aromatic ring is 1. The zero-order chi connectivity index (χ0) is 11.0. The minimum absolute atomic E-state index is 0.206. The van der Waals surface area contributed by atoms with E-state index in [9.17, 15) is 4.39 Å². The largest absolute Gasteiger partial charge is 0.368 e. The SMILES string of the molecule is Cc1ccc(-c2cc(N)on2)c(Br)c1F. The van der Waals surface area contributed by atoms with E-state index in [1.165, 1.54) is 0 Å². The van der Waals surface area contributed by atoms with Crippen LogP contribution in [0.15, 0.2) is 27.2 Å². The van der Waals surface area contributed by atoms with Crippen molar-refractivity contribution in [3.8, 4) is 11.3 Å². The molecule has 78 valence electrons. The smallest absolute Gasteiger partial charge is 0.222 e. The molecule has 0 saturated heterocycles. The van der Waals surface area contributed by atoms with E-state index in [0.29, 0.717) is 21.3 Å². The predicted octanol–water partition coefficient (Wildman–Crippen LogP) is 3.13. The van der Waals surface area contributed by atoms with Crippen molar-refractivity contribution in [2.24, 2.45) is 0 Å². The van der Waals surface area contributed by atoms with Crippen LogP contribution in [0.2, 0.25) is 0 Å². The number of nitrogens with two attached hydrogens (primary N) is 1. The van der Waals surface area contributed by atoms with Crippen molar-refractivity contribution in [3.63, 3.8) is 0 Å². The predicted molar refractivity (Wildman–Crippen MR) is 58.7 cm³/mol. The molecule has 2 N–H and O–H groups in total. The highest BCUT2D eigenvalue weighted by atomic mass is 79.9. The van der Waals surface area contributed by atoms with Crippen LogP contribution >= 0.6 is 15.9 Å². The number of hydrogen-bond donors (Lipinski definition) is 1. The first-order valence-electron chi connectivity index (χ1n) is 4.26. The molecule has 3 nitrogen and oxygen atoms in total. The Morgan fingerprint density at radius 1 is 1.47 bits per heavy atom. The topological polar surface area (TPSA) is 52.0 Å². The molecule has 1 aromatic heterocycles. The van der Waals surface area contributed by atoms with Crippen LogP contribution in [0.4, 0.5) is 10.3 Å². The Bertz CT molecular complexity index is 510. The Kier molecular flexibility index (Phi) is 2.48. The van der Waals surface area contributed by atoms with E-state index in [-0.39, 0.29) is 11.7 Å². The van der Waals surface area contributed by atoms with Crippen LogP contribution in [0, 0.1) is 12.7 Å². The molecule has 0 bridgehead atoms. The first kappa shape index (κ1) is 10.2. The number of rotatable bonds is 1. The van der Waals surface area contributed by atoms with Gasteiger partial charge in [0.1, 0.15) is 11.5 Å². The molecule has 0 saturated carbocycles. The summed E-state index contributed by atoms with van der Waals surface area (Å²) in [5.74, 6) is -0.0908. The lowest BCUT2D eigenvalue weighted by atomic mass is 10.1. The molecule has 2 aromatic rings. The van der Waals surface area contributed by atoms with Gasteiger partial charge in [-0.25, -0.2) is 4.39 Å². The van der Waals surface area contributed by atoms with E-state index < -0.39 is 0 Å². The molecule has 0 aliphatic carbocycles. The molecule has 0 fully saturated rings. The van der Waals surface area contributed by atoms with Gasteiger partial charge in [0.05, 0.1) is 4.47 Å². The molecular weight excluding hydrogens is 263 g/mol. The summed E-state index contributed by atoms with van der Waals surface area (Å²) in [4.78, 5) is 0. The second kappa shape index (κ2) is 3.66. The molecule has 0 spiro atoms. The Morgan fingerprint density at radius 2 is 2.20 bits per heavy atom. The normalized spacial score (nSPS) is 10.6. The van der Waals surface area contributed by atoms with Gasteiger partial charge in [-0.3, -0.25) is 0 Å². The average Bonchev–Trinajstić information content (AvgIpc) is 2.61. The van der Waals surface area contributed by atoms with Crippen LogP contribution in [-0.2, 0) is 0 Å². The lowest BCUT2D eigenvalue weighted by Crippen LogP contribution is -1.88. The minimum Gasteiger partial charge on any atom is -0.368 e. The maximum Gasteiger partial charge on any atom is 0.222 e. The van der Waals surface area contributed by atoms with Gasteiger partial charge < -0.3 is 10.3 Å². The van der Waals surface area contributed by atoms with Gasteiger partial charge in [-0.15, -0.1) is 0 Å². The highest BCUT2D eigenvalue weighted by Gasteiger charge is 2.13. The van der Waals surface area contributed by atoms with E-state index in [4.69, 9.17) is 10.3 Å². The van der Waals surface area contributed by atoms with Crippen molar-refractivity contribution >= 4 is 21.8 Å². The zero-order valence-electron chi connectivity index (χ0n) is 7.92. The van der Waals surface area contributed by atoms with Crippen LogP contribution in [0.1, 0.15) is 5.56 Å². The molecule has 0 aliphatic heterocycles. The molecule has 2 rings (SSSR count). The van der Waals surface area contributed by atoms with Crippen molar-refractivity contribution in [1.29, 1.82) is 0 Å². The summed E-state index contributed by atoms with van der Waals surface area (Å²) in [6.07, 6.45) is 0. The van der Waals surface area contributed by atoms with Gasteiger partial charge in [-0.1, -0.05) is 17.3 Å². The van der Waals surface area contributed by atoms with E-state index in [1.54, 1.807) is 25.1 Å². The maximum atomic E-state index is 13.5. The number of aryl methyl sites for hydroxylation is 1.